The van der Waals surface area contributed by atoms with Gasteiger partial charge in [-0.3, -0.25) is 19.4 Å². The molecule has 1 aromatic carbocycles. The molecule has 1 amide bonds. The first kappa shape index (κ1) is 21.2. The van der Waals surface area contributed by atoms with Crippen molar-refractivity contribution in [1.82, 2.24) is 9.97 Å². The van der Waals surface area contributed by atoms with Gasteiger partial charge in [0.05, 0.1) is 30.8 Å². The first-order chi connectivity index (χ1) is 14.0. The first-order valence-electron chi connectivity index (χ1n) is 9.10. The highest BCUT2D eigenvalue weighted by Crippen LogP contribution is 2.29. The minimum absolute atomic E-state index is 0.161. The molecule has 10 heteroatoms. The van der Waals surface area contributed by atoms with Crippen LogP contribution in [-0.2, 0) is 13.7 Å². The van der Waals surface area contributed by atoms with Crippen LogP contribution >= 0.6 is 12.3 Å². The normalized spacial score (nSPS) is 17.4. The summed E-state index contributed by atoms with van der Waals surface area (Å²) in [6.45, 7) is 2.54. The lowest BCUT2D eigenvalue weighted by Gasteiger charge is -2.19. The maximum Gasteiger partial charge on any atom is 0.275 e. The summed E-state index contributed by atoms with van der Waals surface area (Å²) in [7, 11) is 0. The maximum atomic E-state index is 12.1. The molecular formula is C19H22N4O5S. The van der Waals surface area contributed by atoms with E-state index in [0.717, 1.165) is 43.9 Å². The van der Waals surface area contributed by atoms with Gasteiger partial charge in [-0.1, -0.05) is 0 Å². The number of anilines is 1. The number of nitrogens with zero attached hydrogens (tertiary/aromatic N) is 2. The van der Waals surface area contributed by atoms with Crippen molar-refractivity contribution in [3.8, 4) is 5.75 Å². The monoisotopic (exact) mass is 418 g/mol. The van der Waals surface area contributed by atoms with Gasteiger partial charge in [-0.2, -0.15) is 0 Å². The minimum Gasteiger partial charge on any atom is -0.400 e. The number of amides is 1. The van der Waals surface area contributed by atoms with E-state index >= 15 is 0 Å². The van der Waals surface area contributed by atoms with Gasteiger partial charge in [0.15, 0.2) is 12.1 Å². The van der Waals surface area contributed by atoms with Crippen LogP contribution in [0.15, 0.2) is 36.7 Å². The summed E-state index contributed by atoms with van der Waals surface area (Å²) in [5.74, 6) is 0.360. The van der Waals surface area contributed by atoms with E-state index in [0.29, 0.717) is 23.2 Å². The molecule has 3 N–H and O–H groups in total. The third-order valence-electron chi connectivity index (χ3n) is 3.90. The number of aromatic nitrogens is 2. The number of nitrogens with one attached hydrogen (secondary N) is 2. The van der Waals surface area contributed by atoms with Crippen LogP contribution in [0.5, 0.6) is 5.75 Å². The summed E-state index contributed by atoms with van der Waals surface area (Å²) in [5.41, 5.74) is 1.07. The third kappa shape index (κ3) is 7.09. The molecule has 1 atom stereocenters. The van der Waals surface area contributed by atoms with E-state index in [2.05, 4.69) is 20.0 Å². The second-order valence-electron chi connectivity index (χ2n) is 6.46. The Kier molecular flexibility index (Phi) is 7.53. The molecule has 2 aromatic rings. The third-order valence-corrected chi connectivity index (χ3v) is 4.51. The van der Waals surface area contributed by atoms with Crippen molar-refractivity contribution in [1.29, 1.82) is 5.41 Å². The van der Waals surface area contributed by atoms with Crippen LogP contribution in [0.3, 0.4) is 0 Å². The van der Waals surface area contributed by atoms with E-state index < -0.39 is 12.2 Å². The van der Waals surface area contributed by atoms with Crippen molar-refractivity contribution in [3.63, 3.8) is 0 Å². The van der Waals surface area contributed by atoms with Gasteiger partial charge in [-0.05, 0) is 44.0 Å². The molecule has 154 valence electrons. The van der Waals surface area contributed by atoms with Crippen LogP contribution in [-0.4, -0.2) is 45.7 Å². The van der Waals surface area contributed by atoms with E-state index in [1.165, 1.54) is 6.20 Å². The molecule has 1 aliphatic heterocycles. The van der Waals surface area contributed by atoms with Crippen molar-refractivity contribution >= 4 is 29.8 Å². The smallest absolute Gasteiger partial charge is 0.275 e. The fraction of sp³-hybridized carbons (Fsp3) is 0.368. The Morgan fingerprint density at radius 1 is 1.24 bits per heavy atom. The molecule has 2 fully saturated rings. The predicted octanol–water partition coefficient (Wildman–Crippen LogP) is 2.64. The molecule has 2 heterocycles. The van der Waals surface area contributed by atoms with Crippen LogP contribution in [0, 0.1) is 12.3 Å². The number of carbonyl (C=O) groups excluding carboxylic acids is 1. The van der Waals surface area contributed by atoms with E-state index in [4.69, 9.17) is 18.9 Å². The van der Waals surface area contributed by atoms with E-state index in [9.17, 15) is 4.79 Å². The molecule has 9 nitrogen and oxygen atoms in total. The van der Waals surface area contributed by atoms with Crippen LogP contribution in [0.2, 0.25) is 0 Å². The molecule has 1 aromatic heterocycles. The highest BCUT2D eigenvalue weighted by Gasteiger charge is 2.23. The molecule has 2 aliphatic rings. The molecule has 1 saturated carbocycles. The zero-order valence-corrected chi connectivity index (χ0v) is 16.6. The lowest BCUT2D eigenvalue weighted by atomic mass is 10.1. The number of aryl methyl sites for hydroxylation is 1. The topological polar surface area (TPSA) is 127 Å². The van der Waals surface area contributed by atoms with E-state index in [1.54, 1.807) is 37.4 Å². The fourth-order valence-electron chi connectivity index (χ4n) is 1.95. The van der Waals surface area contributed by atoms with Crippen LogP contribution in [0.25, 0.3) is 0 Å². The number of aliphatic hydroxyl groups excluding tert-OH is 1. The summed E-state index contributed by atoms with van der Waals surface area (Å²) in [6, 6.07) is 6.67. The Hall–Kier alpha value is -2.53. The summed E-state index contributed by atoms with van der Waals surface area (Å²) < 4.78 is 15.2. The van der Waals surface area contributed by atoms with Crippen molar-refractivity contribution in [2.24, 2.45) is 0 Å². The second-order valence-corrected chi connectivity index (χ2v) is 6.95. The van der Waals surface area contributed by atoms with Crippen molar-refractivity contribution < 1.29 is 23.0 Å². The molecule has 29 heavy (non-hydrogen) atoms. The molecular weight excluding hydrogens is 396 g/mol. The first-order valence-corrected chi connectivity index (χ1v) is 9.76. The van der Waals surface area contributed by atoms with Gasteiger partial charge in [-0.25, -0.2) is 4.98 Å². The van der Waals surface area contributed by atoms with Gasteiger partial charge in [0.25, 0.3) is 5.91 Å². The number of hydrogen-bond donors (Lipinski definition) is 3. The average molecular weight is 418 g/mol. The molecule has 1 unspecified atom stereocenters. The Morgan fingerprint density at radius 3 is 2.45 bits per heavy atom. The van der Waals surface area contributed by atoms with Crippen molar-refractivity contribution in [3.05, 3.63) is 47.9 Å². The number of ether oxygens (including phenoxy) is 1. The lowest BCUT2D eigenvalue weighted by molar-refractivity contribution is -0.182. The minimum atomic E-state index is -0.548. The van der Waals surface area contributed by atoms with Crippen LogP contribution in [0.1, 0.15) is 30.5 Å². The summed E-state index contributed by atoms with van der Waals surface area (Å²) >= 11 is 0.952. The number of hydrogen-bond acceptors (Lipinski definition) is 9. The van der Waals surface area contributed by atoms with Crippen molar-refractivity contribution in [2.75, 3.05) is 11.9 Å². The highest BCUT2D eigenvalue weighted by atomic mass is 32.2. The van der Waals surface area contributed by atoms with E-state index in [1.807, 2.05) is 0 Å². The number of aliphatic hydroxyl groups is 1. The number of carbonyl (C=O) groups is 1. The Labute approximate surface area is 172 Å². The second kappa shape index (κ2) is 10.3. The maximum absolute atomic E-state index is 12.1. The molecule has 1 saturated heterocycles. The molecule has 0 bridgehead atoms. The highest BCUT2D eigenvalue weighted by molar-refractivity contribution is 7.90. The van der Waals surface area contributed by atoms with Crippen LogP contribution < -0.4 is 9.50 Å². The van der Waals surface area contributed by atoms with Gasteiger partial charge in [-0.15, -0.1) is 0 Å². The average Bonchev–Trinajstić information content (AvgIpc) is 3.53. The lowest BCUT2D eigenvalue weighted by Crippen LogP contribution is -2.25. The van der Waals surface area contributed by atoms with Crippen molar-refractivity contribution in [2.45, 2.75) is 38.6 Å². The fourth-order valence-corrected chi connectivity index (χ4v) is 2.48. The van der Waals surface area contributed by atoms with Gasteiger partial charge >= 0.3 is 0 Å². The zero-order valence-electron chi connectivity index (χ0n) is 15.8. The number of benzene rings is 1. The summed E-state index contributed by atoms with van der Waals surface area (Å²) in [5, 5.41) is 18.7. The SMILES string of the molecule is Cc1cnc(NC(=O)C(=N)c2ccc(OSOC3CC3)cc2)cn1.OC1CCO1. The quantitative estimate of drug-likeness (QED) is 0.463. The molecule has 0 radical (unpaired) electrons. The largest absolute Gasteiger partial charge is 0.400 e. The standard InChI is InChI=1S/C16H16N4O3S.C3H6O2/c1-10-8-19-14(9-18-10)20-16(21)15(17)11-2-4-12(5-3-11)22-24-23-13-6-7-13;4-3-1-2-5-3/h2-5,8-9,13,17H,6-7H2,1H3,(H,19,20,21);3-4H,1-2H2. The summed E-state index contributed by atoms with van der Waals surface area (Å²) in [6.07, 6.45) is 5.84. The summed E-state index contributed by atoms with van der Waals surface area (Å²) in [4.78, 5) is 20.2. The molecule has 1 aliphatic carbocycles. The Bertz CT molecular complexity index is 823. The van der Waals surface area contributed by atoms with Gasteiger partial charge < -0.3 is 19.3 Å². The van der Waals surface area contributed by atoms with Gasteiger partial charge in [0, 0.05) is 12.0 Å². The zero-order chi connectivity index (χ0) is 20.6. The van der Waals surface area contributed by atoms with Crippen LogP contribution in [0.4, 0.5) is 5.82 Å². The molecule has 0 spiro atoms. The van der Waals surface area contributed by atoms with Gasteiger partial charge in [0.2, 0.25) is 12.3 Å². The van der Waals surface area contributed by atoms with E-state index in [-0.39, 0.29) is 5.71 Å². The molecule has 4 rings (SSSR count). The Balaban J connectivity index is 0.000000419. The number of rotatable bonds is 7. The van der Waals surface area contributed by atoms with Gasteiger partial charge in [0.1, 0.15) is 11.5 Å². The predicted molar refractivity (Wildman–Crippen MR) is 108 cm³/mol. The Morgan fingerprint density at radius 2 is 1.93 bits per heavy atom.